The van der Waals surface area contributed by atoms with E-state index in [1.165, 1.54) is 22.3 Å². The second-order valence-corrected chi connectivity index (χ2v) is 22.0. The van der Waals surface area contributed by atoms with Crippen molar-refractivity contribution in [1.29, 1.82) is 0 Å². The second kappa shape index (κ2) is 27.2. The van der Waals surface area contributed by atoms with Gasteiger partial charge in [0.1, 0.15) is 48.3 Å². The summed E-state index contributed by atoms with van der Waals surface area (Å²) < 4.78 is 0. The molecule has 4 aliphatic heterocycles. The van der Waals surface area contributed by atoms with Gasteiger partial charge in [0.25, 0.3) is 5.91 Å². The molecule has 83 heavy (non-hydrogen) atoms. The maximum atomic E-state index is 15.0. The van der Waals surface area contributed by atoms with Crippen LogP contribution in [0, 0.1) is 5.92 Å². The molecule has 10 amide bonds. The number of fused-ring (bicyclic) bond motifs is 1. The molecule has 0 bridgehead atoms. The number of primary amides is 1. The molecule has 2 aromatic heterocycles. The van der Waals surface area contributed by atoms with Crippen molar-refractivity contribution in [1.82, 2.24) is 61.6 Å². The first-order chi connectivity index (χ1) is 39.8. The quantitative estimate of drug-likeness (QED) is 0.0199. The smallest absolute Gasteiger partial charge is 0.250 e. The molecule has 0 saturated carbocycles. The van der Waals surface area contributed by atoms with Gasteiger partial charge in [-0.15, -0.1) is 0 Å². The number of piperidine rings is 1. The van der Waals surface area contributed by atoms with Crippen LogP contribution < -0.4 is 54.0 Å². The lowest BCUT2D eigenvalue weighted by Crippen LogP contribution is -2.61. The fourth-order valence-corrected chi connectivity index (χ4v) is 11.5. The van der Waals surface area contributed by atoms with E-state index in [1.807, 2.05) is 73.3 Å². The number of nitrogens with zero attached hydrogens (tertiary/aromatic N) is 6. The van der Waals surface area contributed by atoms with Crippen molar-refractivity contribution in [2.45, 2.75) is 126 Å². The van der Waals surface area contributed by atoms with Crippen LogP contribution in [0.1, 0.15) is 82.9 Å². The first-order valence-electron chi connectivity index (χ1n) is 28.1. The van der Waals surface area contributed by atoms with Gasteiger partial charge in [0, 0.05) is 80.1 Å². The molecule has 0 unspecified atom stereocenters. The zero-order valence-corrected chi connectivity index (χ0v) is 46.7. The van der Waals surface area contributed by atoms with E-state index in [9.17, 15) is 38.4 Å². The number of aromatic amines is 2. The van der Waals surface area contributed by atoms with E-state index < -0.39 is 102 Å². The minimum absolute atomic E-state index is 0.00443. The normalized spacial score (nSPS) is 19.0. The van der Waals surface area contributed by atoms with E-state index in [2.05, 4.69) is 51.8 Å². The Morgan fingerprint density at radius 2 is 1.52 bits per heavy atom. The van der Waals surface area contributed by atoms with E-state index in [0.717, 1.165) is 16.5 Å². The summed E-state index contributed by atoms with van der Waals surface area (Å²) in [6.45, 7) is 3.40. The maximum Gasteiger partial charge on any atom is 0.250 e. The topological polar surface area (TPSA) is 391 Å². The van der Waals surface area contributed by atoms with Gasteiger partial charge in [-0.3, -0.25) is 52.9 Å². The van der Waals surface area contributed by atoms with Gasteiger partial charge in [-0.05, 0) is 81.0 Å². The minimum atomic E-state index is -1.21. The molecule has 4 saturated heterocycles. The molecule has 27 nitrogen and oxygen atoms in total. The van der Waals surface area contributed by atoms with Gasteiger partial charge in [-0.25, -0.2) is 4.98 Å². The Morgan fingerprint density at radius 1 is 0.795 bits per heavy atom. The highest BCUT2D eigenvalue weighted by molar-refractivity contribution is 6.00. The van der Waals surface area contributed by atoms with Gasteiger partial charge in [0.15, 0.2) is 5.96 Å². The summed E-state index contributed by atoms with van der Waals surface area (Å²) in [4.78, 5) is 158. The van der Waals surface area contributed by atoms with Crippen LogP contribution in [0.25, 0.3) is 10.9 Å². The van der Waals surface area contributed by atoms with E-state index >= 15 is 9.59 Å². The van der Waals surface area contributed by atoms with Crippen molar-refractivity contribution in [3.05, 3.63) is 84.6 Å². The molecule has 6 heterocycles. The monoisotopic (exact) mass is 1150 g/mol. The van der Waals surface area contributed by atoms with Crippen molar-refractivity contribution in [2.24, 2.45) is 28.1 Å². The van der Waals surface area contributed by atoms with Crippen LogP contribution in [0.15, 0.2) is 78.3 Å². The van der Waals surface area contributed by atoms with Crippen LogP contribution in [0.5, 0.6) is 0 Å². The van der Waals surface area contributed by atoms with Crippen molar-refractivity contribution >= 4 is 81.6 Å². The van der Waals surface area contributed by atoms with E-state index in [0.29, 0.717) is 24.2 Å². The summed E-state index contributed by atoms with van der Waals surface area (Å²) in [6, 6.07) is 10.4. The highest BCUT2D eigenvalue weighted by Gasteiger charge is 2.55. The summed E-state index contributed by atoms with van der Waals surface area (Å²) in [5.74, 6) is -5.66. The summed E-state index contributed by atoms with van der Waals surface area (Å²) in [6.07, 6.45) is 6.87. The van der Waals surface area contributed by atoms with Gasteiger partial charge in [-0.2, -0.15) is 0 Å². The first-order valence-corrected chi connectivity index (χ1v) is 28.1. The first kappa shape index (κ1) is 60.1. The number of H-pyrrole nitrogens is 2. The summed E-state index contributed by atoms with van der Waals surface area (Å²) in [5.41, 5.74) is 17.9. The van der Waals surface area contributed by atoms with Gasteiger partial charge in [0.05, 0.1) is 19.5 Å². The third kappa shape index (κ3) is 14.9. The molecular formula is C56H75N17O10. The number of para-hydroxylation sites is 2. The Hall–Kier alpha value is -9.04. The molecule has 4 aromatic rings. The number of nitrogens with one attached hydrogen (secondary N) is 8. The second-order valence-electron chi connectivity index (χ2n) is 22.0. The number of aromatic nitrogens is 3. The zero-order valence-electron chi connectivity index (χ0n) is 46.7. The van der Waals surface area contributed by atoms with Gasteiger partial charge in [-0.1, -0.05) is 50.2 Å². The van der Waals surface area contributed by atoms with Crippen LogP contribution >= 0.6 is 0 Å². The number of carbonyl (C=O) groups is 10. The Morgan fingerprint density at radius 3 is 2.20 bits per heavy atom. The van der Waals surface area contributed by atoms with Crippen LogP contribution in [-0.2, 0) is 60.8 Å². The molecule has 4 aliphatic rings. The lowest BCUT2D eigenvalue weighted by atomic mass is 9.85. The molecule has 14 N–H and O–H groups in total. The van der Waals surface area contributed by atoms with Crippen LogP contribution in [0.4, 0.5) is 5.69 Å². The summed E-state index contributed by atoms with van der Waals surface area (Å²) in [5, 5.41) is 17.3. The zero-order chi connectivity index (χ0) is 59.4. The number of aliphatic imine (C=N–C) groups is 1. The van der Waals surface area contributed by atoms with Gasteiger partial charge < -0.3 is 78.7 Å². The number of benzene rings is 2. The molecule has 27 heteroatoms. The summed E-state index contributed by atoms with van der Waals surface area (Å²) >= 11 is 0. The maximum absolute atomic E-state index is 15.0. The number of rotatable bonds is 25. The number of carbonyl (C=O) groups excluding carboxylic acids is 10. The van der Waals surface area contributed by atoms with Crippen LogP contribution in [-0.4, -0.2) is 182 Å². The van der Waals surface area contributed by atoms with Crippen molar-refractivity contribution in [2.75, 3.05) is 50.8 Å². The fourth-order valence-electron chi connectivity index (χ4n) is 11.5. The standard InChI is InChI=1S/C56H75N17O10/c1-33(2)24-41(49(78)67-40(14-8-20-61-55(58)59)53(82)72-21-9-15-44(72)51(80)63-29-45(57)74)66-47(76)30-71-32-73(36-10-4-3-5-11-36)56(54(71)83)18-22-70(23-19-56)52(81)43(25-34-27-62-38-13-7-6-12-37(34)38)69-50(79)42(26-35-28-60-31-64-35)68-48(77)39-16-17-46(75)65-39/h3-7,10-13,27-28,31,33,39-44,62H,8-9,14-26,29-30,32H2,1-2H3,(H2,57,74)(H,60,64)(H,63,80)(H,65,75)(H,66,76)(H,67,78)(H,68,77)(H,69,79)(H4,58,59,61)/t39-,40-,41-,42-,43-,44-/m0/s1. The Labute approximate surface area is 479 Å². The third-order valence-corrected chi connectivity index (χ3v) is 15.6. The molecule has 2 aromatic carbocycles. The molecule has 6 atom stereocenters. The van der Waals surface area contributed by atoms with Crippen molar-refractivity contribution in [3.8, 4) is 0 Å². The number of hydrogen-bond acceptors (Lipinski definition) is 13. The molecule has 1 spiro atoms. The Bertz CT molecular complexity index is 3050. The molecule has 444 valence electrons. The molecule has 8 rings (SSSR count). The number of nitrogens with two attached hydrogens (primary N) is 3. The average molecular weight is 1150 g/mol. The number of hydrogen-bond donors (Lipinski definition) is 11. The number of anilines is 1. The SMILES string of the molecule is CC(C)C[C@H](NC(=O)CN1CN(c2ccccc2)C2(CCN(C(=O)[C@H](Cc3c[nH]c4ccccc34)NC(=O)[C@H](Cc3cnc[nH]3)NC(=O)[C@@H]3CCC(=O)N3)CC2)C1=O)C(=O)N[C@@H](CCCN=C(N)N)C(=O)N1CCC[C@H]1C(=O)NCC(N)=O. The van der Waals surface area contributed by atoms with E-state index in [4.69, 9.17) is 17.2 Å². The van der Waals surface area contributed by atoms with E-state index in [1.54, 1.807) is 11.1 Å². The van der Waals surface area contributed by atoms with Crippen molar-refractivity contribution < 1.29 is 47.9 Å². The fraction of sp³-hybridized carbons (Fsp3) is 0.500. The summed E-state index contributed by atoms with van der Waals surface area (Å²) in [7, 11) is 0. The highest BCUT2D eigenvalue weighted by atomic mass is 16.2. The molecule has 0 aliphatic carbocycles. The number of guanidine groups is 1. The van der Waals surface area contributed by atoms with E-state index in [-0.39, 0.29) is 114 Å². The van der Waals surface area contributed by atoms with Gasteiger partial charge >= 0.3 is 0 Å². The molecule has 4 fully saturated rings. The third-order valence-electron chi connectivity index (χ3n) is 15.6. The predicted molar refractivity (Wildman–Crippen MR) is 304 cm³/mol. The largest absolute Gasteiger partial charge is 0.370 e. The molecule has 0 radical (unpaired) electrons. The number of imidazole rings is 1. The average Bonchev–Trinajstić information content (AvgIpc) is 4.49. The Kier molecular flexibility index (Phi) is 19.6. The predicted octanol–water partition coefficient (Wildman–Crippen LogP) is -1.75. The molecular weight excluding hydrogens is 1070 g/mol. The number of amides is 10. The van der Waals surface area contributed by atoms with Gasteiger partial charge in [0.2, 0.25) is 53.2 Å². The Balaban J connectivity index is 0.978. The minimum Gasteiger partial charge on any atom is -0.370 e. The van der Waals surface area contributed by atoms with Crippen LogP contribution in [0.3, 0.4) is 0 Å². The van der Waals surface area contributed by atoms with Crippen LogP contribution in [0.2, 0.25) is 0 Å². The lowest BCUT2D eigenvalue weighted by Gasteiger charge is -2.44. The highest BCUT2D eigenvalue weighted by Crippen LogP contribution is 2.40. The van der Waals surface area contributed by atoms with Crippen molar-refractivity contribution in [3.63, 3.8) is 0 Å². The number of likely N-dealkylation sites (tertiary alicyclic amines) is 2. The lowest BCUT2D eigenvalue weighted by molar-refractivity contribution is -0.142.